The number of ether oxygens (including phenoxy) is 2. The van der Waals surface area contributed by atoms with Crippen LogP contribution in [0.5, 0.6) is 11.5 Å². The van der Waals surface area contributed by atoms with E-state index in [9.17, 15) is 14.7 Å². The Morgan fingerprint density at radius 3 is 2.07 bits per heavy atom. The van der Waals surface area contributed by atoms with Crippen LogP contribution in [0.25, 0.3) is 67.5 Å². The van der Waals surface area contributed by atoms with Gasteiger partial charge in [-0.3, -0.25) is 24.2 Å². The molecule has 3 fully saturated rings. The Morgan fingerprint density at radius 1 is 0.628 bits per heavy atom. The minimum Gasteiger partial charge on any atom is -0.491 e. The maximum atomic E-state index is 16.2. The number of pyridine rings is 3. The molecule has 9 heterocycles. The van der Waals surface area contributed by atoms with Crippen molar-refractivity contribution in [3.8, 4) is 56.7 Å². The number of hydrogen-bond donors (Lipinski definition) is 3. The highest BCUT2D eigenvalue weighted by Gasteiger charge is 2.35. The third-order valence-corrected chi connectivity index (χ3v) is 17.3. The molecule has 2 amide bonds. The Kier molecular flexibility index (Phi) is 13.4. The SMILES string of the molecule is CN1CCN(Cc2ccc(-c3nc4ncc(Cn5cc(-c6nc7nccc(-c8ccc(CN9CCOc%10cc(C%11CC%11)cc(F)c%10C9=O)c(F)c8)c7[nH]6)cn5)c(-c5cccc(N6CCOc7cc(C8CC8)cc(F)c7C6=O)c5CO)c4[nH]3)nc2)CC1. The molecule has 0 atom stereocenters. The normalized spacial score (nSPS) is 16.8. The molecule has 434 valence electrons. The summed E-state index contributed by atoms with van der Waals surface area (Å²) in [6.45, 7) is 4.89. The number of piperazine rings is 1. The number of aliphatic hydroxyl groups excluding tert-OH is 1. The van der Waals surface area contributed by atoms with Gasteiger partial charge >= 0.3 is 0 Å². The average molecular weight is 1160 g/mol. The lowest BCUT2D eigenvalue weighted by atomic mass is 9.94. The molecule has 21 heteroatoms. The summed E-state index contributed by atoms with van der Waals surface area (Å²) in [5.41, 5.74) is 9.79. The first-order valence-electron chi connectivity index (χ1n) is 29.2. The molecule has 0 bridgehead atoms. The molecule has 0 unspecified atom stereocenters. The average Bonchev–Trinajstić information content (AvgIpc) is 2.31. The Morgan fingerprint density at radius 2 is 1.35 bits per heavy atom. The first-order valence-corrected chi connectivity index (χ1v) is 29.2. The summed E-state index contributed by atoms with van der Waals surface area (Å²) in [5.74, 6) is -1.01. The molecule has 4 aromatic carbocycles. The number of likely N-dealkylation sites (N-methyl/N-ethyl adjacent to an activating group) is 1. The third-order valence-electron chi connectivity index (χ3n) is 17.3. The Bertz CT molecular complexity index is 4340. The van der Waals surface area contributed by atoms with Crippen LogP contribution in [-0.4, -0.2) is 136 Å². The van der Waals surface area contributed by atoms with Crippen LogP contribution in [0.3, 0.4) is 0 Å². The molecule has 6 aromatic heterocycles. The van der Waals surface area contributed by atoms with Crippen LogP contribution in [0, 0.1) is 17.5 Å². The van der Waals surface area contributed by atoms with Crippen molar-refractivity contribution in [2.24, 2.45) is 0 Å². The Balaban J connectivity index is 0.739. The van der Waals surface area contributed by atoms with Crippen molar-refractivity contribution < 1.29 is 37.3 Å². The molecule has 0 spiro atoms. The Hall–Kier alpha value is -9.31. The zero-order valence-electron chi connectivity index (χ0n) is 47.0. The van der Waals surface area contributed by atoms with Crippen LogP contribution in [0.1, 0.15) is 91.6 Å². The van der Waals surface area contributed by atoms with Gasteiger partial charge in [-0.1, -0.05) is 30.3 Å². The van der Waals surface area contributed by atoms with Gasteiger partial charge in [0.1, 0.15) is 64.8 Å². The molecule has 86 heavy (non-hydrogen) atoms. The Labute approximate surface area is 491 Å². The smallest absolute Gasteiger partial charge is 0.265 e. The number of aliphatic hydroxyl groups is 1. The number of fused-ring (bicyclic) bond motifs is 4. The van der Waals surface area contributed by atoms with Gasteiger partial charge in [0.05, 0.1) is 54.7 Å². The van der Waals surface area contributed by atoms with Crippen molar-refractivity contribution >= 4 is 39.8 Å². The largest absolute Gasteiger partial charge is 0.491 e. The summed E-state index contributed by atoms with van der Waals surface area (Å²) in [4.78, 5) is 66.9. The van der Waals surface area contributed by atoms with E-state index in [2.05, 4.69) is 37.9 Å². The van der Waals surface area contributed by atoms with Crippen molar-refractivity contribution in [2.75, 3.05) is 64.4 Å². The number of anilines is 1. The van der Waals surface area contributed by atoms with Crippen molar-refractivity contribution in [3.05, 3.63) is 172 Å². The summed E-state index contributed by atoms with van der Waals surface area (Å²) in [6.07, 6.45) is 12.6. The molecule has 5 aliphatic rings. The fraction of sp³-hybridized carbons (Fsp3) is 0.292. The molecular weight excluding hydrogens is 1100 g/mol. The van der Waals surface area contributed by atoms with Crippen LogP contribution in [0.4, 0.5) is 18.9 Å². The molecule has 10 aromatic rings. The highest BCUT2D eigenvalue weighted by Crippen LogP contribution is 2.46. The van der Waals surface area contributed by atoms with Crippen molar-refractivity contribution in [3.63, 3.8) is 0 Å². The van der Waals surface area contributed by atoms with E-state index in [4.69, 9.17) is 34.5 Å². The second-order valence-corrected chi connectivity index (χ2v) is 23.1. The van der Waals surface area contributed by atoms with Crippen LogP contribution in [0.15, 0.2) is 110 Å². The number of nitrogens with one attached hydrogen (secondary N) is 2. The molecule has 0 radical (unpaired) electrons. The number of H-pyrrole nitrogens is 2. The molecule has 3 aliphatic heterocycles. The number of imidazole rings is 2. The van der Waals surface area contributed by atoms with Gasteiger partial charge in [0.15, 0.2) is 17.1 Å². The van der Waals surface area contributed by atoms with Crippen LogP contribution >= 0.6 is 0 Å². The van der Waals surface area contributed by atoms with E-state index in [0.717, 1.165) is 75.1 Å². The lowest BCUT2D eigenvalue weighted by molar-refractivity contribution is 0.0737. The molecule has 1 saturated heterocycles. The highest BCUT2D eigenvalue weighted by atomic mass is 19.1. The minimum absolute atomic E-state index is 0.0808. The number of rotatable bonds is 14. The maximum Gasteiger partial charge on any atom is 0.265 e. The van der Waals surface area contributed by atoms with Crippen molar-refractivity contribution in [1.82, 2.24) is 59.4 Å². The third kappa shape index (κ3) is 9.97. The van der Waals surface area contributed by atoms with Crippen molar-refractivity contribution in [1.29, 1.82) is 0 Å². The maximum absolute atomic E-state index is 16.2. The first kappa shape index (κ1) is 53.4. The number of carbonyl (C=O) groups excluding carboxylic acids is 2. The van der Waals surface area contributed by atoms with Gasteiger partial charge in [-0.05, 0) is 121 Å². The first-order chi connectivity index (χ1) is 42.0. The fourth-order valence-corrected chi connectivity index (χ4v) is 12.3. The van der Waals surface area contributed by atoms with Gasteiger partial charge in [0, 0.05) is 91.9 Å². The van der Waals surface area contributed by atoms with Gasteiger partial charge in [0.2, 0.25) is 0 Å². The zero-order chi connectivity index (χ0) is 58.3. The van der Waals surface area contributed by atoms with Crippen LogP contribution in [0.2, 0.25) is 0 Å². The summed E-state index contributed by atoms with van der Waals surface area (Å²) in [7, 11) is 2.14. The summed E-state index contributed by atoms with van der Waals surface area (Å²) in [6, 6.07) is 22.4. The number of aromatic nitrogens is 9. The minimum atomic E-state index is -0.643. The fourth-order valence-electron chi connectivity index (χ4n) is 12.3. The van der Waals surface area contributed by atoms with Gasteiger partial charge in [0.25, 0.3) is 11.8 Å². The molecular formula is C65H58F3N13O5. The quantitative estimate of drug-likeness (QED) is 0.0930. The van der Waals surface area contributed by atoms with E-state index in [1.807, 2.05) is 30.6 Å². The second kappa shape index (κ2) is 21.6. The van der Waals surface area contributed by atoms with Gasteiger partial charge in [-0.25, -0.2) is 33.1 Å². The number of nitrogens with zero attached hydrogens (tertiary/aromatic N) is 11. The molecule has 18 nitrogen and oxygen atoms in total. The van der Waals surface area contributed by atoms with E-state index in [0.29, 0.717) is 84.3 Å². The van der Waals surface area contributed by atoms with Gasteiger partial charge < -0.3 is 39.2 Å². The van der Waals surface area contributed by atoms with E-state index in [1.54, 1.807) is 59.7 Å². The second-order valence-electron chi connectivity index (χ2n) is 23.1. The topological polar surface area (TPSA) is 200 Å². The van der Waals surface area contributed by atoms with E-state index in [1.165, 1.54) is 28.0 Å². The molecule has 15 rings (SSSR count). The number of aromatic amines is 2. The lowest BCUT2D eigenvalue weighted by Gasteiger charge is -2.32. The highest BCUT2D eigenvalue weighted by molar-refractivity contribution is 6.10. The van der Waals surface area contributed by atoms with Crippen LogP contribution in [-0.2, 0) is 26.2 Å². The predicted molar refractivity (Wildman–Crippen MR) is 315 cm³/mol. The van der Waals surface area contributed by atoms with E-state index >= 15 is 13.2 Å². The number of halogens is 3. The number of hydrogen-bond acceptors (Lipinski definition) is 13. The van der Waals surface area contributed by atoms with Crippen molar-refractivity contribution in [2.45, 2.75) is 63.8 Å². The number of amides is 2. The van der Waals surface area contributed by atoms with Gasteiger partial charge in [-0.15, -0.1) is 0 Å². The lowest BCUT2D eigenvalue weighted by Crippen LogP contribution is -2.43. The summed E-state index contributed by atoms with van der Waals surface area (Å²) < 4.78 is 61.4. The number of carbonyl (C=O) groups is 2. The zero-order valence-corrected chi connectivity index (χ0v) is 47.0. The number of benzene rings is 4. The van der Waals surface area contributed by atoms with E-state index < -0.39 is 35.9 Å². The monoisotopic (exact) mass is 1160 g/mol. The predicted octanol–water partition coefficient (Wildman–Crippen LogP) is 10.0. The van der Waals surface area contributed by atoms with Gasteiger partial charge in [-0.2, -0.15) is 5.10 Å². The van der Waals surface area contributed by atoms with Crippen LogP contribution < -0.4 is 14.4 Å². The standard InChI is InChI=1S/C65H58F3N13O5/c1-77-15-17-78(18-16-77)31-36-5-12-51(70-28-36)61-74-59-55(46-3-2-4-52(47(46)35-82)81-20-22-86-54-27-42(38-8-9-38)25-50(68)57(54)65(81)84)43(29-71-63(59)76-61)33-80-34-44(30-72-80)60-73-58-45(13-14-69-62(58)75-60)39-10-11-40(48(66)23-39)32-79-19-21-85-53-26-41(37-6-7-37)24-49(67)56(53)64(79)83/h2-5,10-14,23-30,34,37-38,82H,6-9,15-22,31-33,35H2,1H3,(H,69,73,75)(H,71,74,76). The summed E-state index contributed by atoms with van der Waals surface area (Å²) >= 11 is 0. The molecule has 2 saturated carbocycles. The molecule has 2 aliphatic carbocycles. The summed E-state index contributed by atoms with van der Waals surface area (Å²) in [5, 5.41) is 16.2. The molecule has 3 N–H and O–H groups in total. The van der Waals surface area contributed by atoms with E-state index in [-0.39, 0.29) is 79.4 Å².